The fourth-order valence-corrected chi connectivity index (χ4v) is 5.50. The number of nitrogens with one attached hydrogen (secondary N) is 1. The van der Waals surface area contributed by atoms with Gasteiger partial charge in [-0.1, -0.05) is 6.07 Å². The Kier molecular flexibility index (Phi) is 6.92. The highest BCUT2D eigenvalue weighted by Crippen LogP contribution is 2.43. The predicted octanol–water partition coefficient (Wildman–Crippen LogP) is 4.17. The van der Waals surface area contributed by atoms with Crippen LogP contribution >= 0.6 is 11.3 Å². The van der Waals surface area contributed by atoms with Crippen molar-refractivity contribution >= 4 is 28.9 Å². The lowest BCUT2D eigenvalue weighted by atomic mass is 9.74. The van der Waals surface area contributed by atoms with Gasteiger partial charge >= 0.3 is 5.97 Å². The maximum absolute atomic E-state index is 13.5. The van der Waals surface area contributed by atoms with Crippen LogP contribution in [0.1, 0.15) is 41.9 Å². The molecular weight excluding hydrogens is 459 g/mol. The first-order chi connectivity index (χ1) is 16.2. The van der Waals surface area contributed by atoms with Gasteiger partial charge in [0.15, 0.2) is 5.82 Å². The lowest BCUT2D eigenvalue weighted by Gasteiger charge is -2.37. The van der Waals surface area contributed by atoms with E-state index < -0.39 is 29.9 Å². The van der Waals surface area contributed by atoms with E-state index in [0.29, 0.717) is 30.7 Å². The van der Waals surface area contributed by atoms with E-state index in [4.69, 9.17) is 0 Å². The van der Waals surface area contributed by atoms with Gasteiger partial charge in [0.05, 0.1) is 29.3 Å². The summed E-state index contributed by atoms with van der Waals surface area (Å²) in [5, 5.41) is 34.2. The Balaban J connectivity index is 1.57. The van der Waals surface area contributed by atoms with Gasteiger partial charge in [-0.25, -0.2) is 19.3 Å². The van der Waals surface area contributed by atoms with Gasteiger partial charge in [0.1, 0.15) is 10.6 Å². The molecule has 4 rings (SSSR count). The molecule has 10 heteroatoms. The molecule has 0 bridgehead atoms. The van der Waals surface area contributed by atoms with Crippen LogP contribution in [0.15, 0.2) is 30.6 Å². The molecule has 0 spiro atoms. The molecule has 0 amide bonds. The number of aromatic nitrogens is 3. The summed E-state index contributed by atoms with van der Waals surface area (Å²) >= 11 is 1.30. The minimum absolute atomic E-state index is 0.248. The molecule has 180 valence electrons. The number of aliphatic carboxylic acids is 1. The lowest BCUT2D eigenvalue weighted by Crippen LogP contribution is -2.41. The topological polar surface area (TPSA) is 128 Å². The normalized spacial score (nSPS) is 20.0. The largest absolute Gasteiger partial charge is 0.481 e. The number of carboxylic acid groups (broad SMARTS) is 1. The number of halogens is 1. The summed E-state index contributed by atoms with van der Waals surface area (Å²) in [5.74, 6) is -1.67. The smallest absolute Gasteiger partial charge is 0.306 e. The maximum Gasteiger partial charge on any atom is 0.306 e. The summed E-state index contributed by atoms with van der Waals surface area (Å²) in [6.45, 7) is 3.03. The van der Waals surface area contributed by atoms with Gasteiger partial charge < -0.3 is 20.6 Å². The van der Waals surface area contributed by atoms with Crippen molar-refractivity contribution in [1.29, 1.82) is 0 Å². The number of hydrogen-bond acceptors (Lipinski definition) is 8. The van der Waals surface area contributed by atoms with Crippen LogP contribution in [0.25, 0.3) is 10.4 Å². The fourth-order valence-electron chi connectivity index (χ4n) is 4.44. The van der Waals surface area contributed by atoms with Crippen LogP contribution in [-0.2, 0) is 10.4 Å². The molecule has 1 aliphatic carbocycles. The molecule has 0 aliphatic heterocycles. The van der Waals surface area contributed by atoms with Crippen molar-refractivity contribution in [3.05, 3.63) is 52.7 Å². The minimum atomic E-state index is -1.52. The van der Waals surface area contributed by atoms with E-state index in [1.807, 2.05) is 25.1 Å². The second-order valence-corrected chi connectivity index (χ2v) is 9.87. The summed E-state index contributed by atoms with van der Waals surface area (Å²) in [6.07, 6.45) is 4.75. The summed E-state index contributed by atoms with van der Waals surface area (Å²) in [6, 6.07) is 5.79. The number of carboxylic acids is 1. The molecule has 0 saturated heterocycles. The Labute approximate surface area is 200 Å². The van der Waals surface area contributed by atoms with Crippen molar-refractivity contribution in [3.8, 4) is 10.4 Å². The number of aryl methyl sites for hydroxylation is 2. The molecule has 1 atom stereocenters. The molecule has 8 nitrogen and oxygen atoms in total. The first kappa shape index (κ1) is 24.2. The molecule has 2 heterocycles. The van der Waals surface area contributed by atoms with Gasteiger partial charge in [0.25, 0.3) is 0 Å². The van der Waals surface area contributed by atoms with Crippen LogP contribution < -0.4 is 5.32 Å². The van der Waals surface area contributed by atoms with Gasteiger partial charge in [0, 0.05) is 11.9 Å². The number of anilines is 2. The van der Waals surface area contributed by atoms with Crippen molar-refractivity contribution < 1.29 is 24.5 Å². The Bertz CT molecular complexity index is 1200. The van der Waals surface area contributed by atoms with Gasteiger partial charge in [-0.15, -0.1) is 11.3 Å². The summed E-state index contributed by atoms with van der Waals surface area (Å²) < 4.78 is 13.5. The third-order valence-electron chi connectivity index (χ3n) is 6.41. The zero-order valence-electron chi connectivity index (χ0n) is 19.0. The van der Waals surface area contributed by atoms with Crippen LogP contribution in [0.4, 0.5) is 16.0 Å². The van der Waals surface area contributed by atoms with Crippen molar-refractivity contribution in [3.63, 3.8) is 0 Å². The zero-order chi connectivity index (χ0) is 24.5. The summed E-state index contributed by atoms with van der Waals surface area (Å²) in [4.78, 5) is 24.6. The Hall–Kier alpha value is -2.95. The molecule has 4 N–H and O–H groups in total. The summed E-state index contributed by atoms with van der Waals surface area (Å²) in [5.41, 5.74) is 1.29. The quantitative estimate of drug-likeness (QED) is 0.392. The van der Waals surface area contributed by atoms with E-state index in [9.17, 15) is 24.5 Å². The number of aliphatic hydroxyl groups is 2. The van der Waals surface area contributed by atoms with Gasteiger partial charge in [-0.2, -0.15) is 0 Å². The number of thiazole rings is 1. The van der Waals surface area contributed by atoms with E-state index in [0.717, 1.165) is 27.9 Å². The highest BCUT2D eigenvalue weighted by Gasteiger charge is 2.43. The van der Waals surface area contributed by atoms with Crippen molar-refractivity contribution in [2.45, 2.75) is 45.1 Å². The molecule has 0 radical (unpaired) electrons. The van der Waals surface area contributed by atoms with Gasteiger partial charge in [-0.05, 0) is 68.7 Å². The van der Waals surface area contributed by atoms with E-state index in [2.05, 4.69) is 20.3 Å². The molecule has 3 aromatic rings. The van der Waals surface area contributed by atoms with Crippen molar-refractivity contribution in [1.82, 2.24) is 15.0 Å². The number of nitrogens with zero attached hydrogens (tertiary/aromatic N) is 3. The molecule has 2 aromatic heterocycles. The monoisotopic (exact) mass is 486 g/mol. The van der Waals surface area contributed by atoms with E-state index >= 15 is 0 Å². The predicted molar refractivity (Wildman–Crippen MR) is 126 cm³/mol. The van der Waals surface area contributed by atoms with Crippen LogP contribution in [0.2, 0.25) is 0 Å². The second-order valence-electron chi connectivity index (χ2n) is 8.84. The number of benzene rings is 1. The van der Waals surface area contributed by atoms with Crippen LogP contribution in [0, 0.1) is 31.5 Å². The van der Waals surface area contributed by atoms with Crippen LogP contribution in [-0.4, -0.2) is 42.8 Å². The lowest BCUT2D eigenvalue weighted by molar-refractivity contribution is -0.145. The fraction of sp³-hybridized carbons (Fsp3) is 0.417. The molecule has 1 aliphatic rings. The number of rotatable bonds is 7. The standard InChI is InChI=1S/C24H27FN4O4S/c1-13-7-16(9-18(8-13)29-23-27-10-19(25)14(2)28-23)20-11-26-22(34-20)24(33,12-30)17-5-3-15(4-6-17)21(31)32/h7-11,15,17,30,33H,3-6,12H2,1-2H3,(H,31,32)(H,27,28,29). The second kappa shape index (κ2) is 9.73. The third kappa shape index (κ3) is 4.94. The average Bonchev–Trinajstić information content (AvgIpc) is 3.32. The molecule has 1 unspecified atom stereocenters. The third-order valence-corrected chi connectivity index (χ3v) is 7.62. The van der Waals surface area contributed by atoms with Crippen molar-refractivity contribution in [2.24, 2.45) is 11.8 Å². The molecule has 1 saturated carbocycles. The molecular formula is C24H27FN4O4S. The average molecular weight is 487 g/mol. The first-order valence-electron chi connectivity index (χ1n) is 11.1. The number of carbonyl (C=O) groups is 1. The van der Waals surface area contributed by atoms with Gasteiger partial charge in [-0.3, -0.25) is 4.79 Å². The van der Waals surface area contributed by atoms with Crippen molar-refractivity contribution in [2.75, 3.05) is 11.9 Å². The molecule has 1 fully saturated rings. The summed E-state index contributed by atoms with van der Waals surface area (Å²) in [7, 11) is 0. The Morgan fingerprint density at radius 1 is 1.18 bits per heavy atom. The highest BCUT2D eigenvalue weighted by molar-refractivity contribution is 7.15. The Morgan fingerprint density at radius 2 is 1.91 bits per heavy atom. The highest BCUT2D eigenvalue weighted by atomic mass is 32.1. The molecule has 1 aromatic carbocycles. The first-order valence-corrected chi connectivity index (χ1v) is 11.9. The molecule has 34 heavy (non-hydrogen) atoms. The Morgan fingerprint density at radius 3 is 2.56 bits per heavy atom. The SMILES string of the molecule is Cc1cc(Nc2ncc(F)c(C)n2)cc(-c2cnc(C(O)(CO)C3CCC(C(=O)O)CC3)s2)c1. The van der Waals surface area contributed by atoms with E-state index in [1.54, 1.807) is 13.1 Å². The van der Waals surface area contributed by atoms with Crippen LogP contribution in [0.3, 0.4) is 0 Å². The van der Waals surface area contributed by atoms with E-state index in [1.165, 1.54) is 11.3 Å². The van der Waals surface area contributed by atoms with Gasteiger partial charge in [0.2, 0.25) is 5.95 Å². The van der Waals surface area contributed by atoms with Crippen LogP contribution in [0.5, 0.6) is 0 Å². The minimum Gasteiger partial charge on any atom is -0.481 e. The zero-order valence-corrected chi connectivity index (χ0v) is 19.8. The maximum atomic E-state index is 13.5. The van der Waals surface area contributed by atoms with E-state index in [-0.39, 0.29) is 17.6 Å². The number of aliphatic hydroxyl groups excluding tert-OH is 1. The number of hydrogen-bond donors (Lipinski definition) is 4.